The average Bonchev–Trinajstić information content (AvgIpc) is 3.42. The van der Waals surface area contributed by atoms with Gasteiger partial charge in [0.1, 0.15) is 0 Å². The first-order valence-corrected chi connectivity index (χ1v) is 9.63. The Balaban J connectivity index is 1.59. The van der Waals surface area contributed by atoms with Gasteiger partial charge in [0.25, 0.3) is 0 Å². The first-order valence-electron chi connectivity index (χ1n) is 9.25. The Bertz CT molecular complexity index is 741. The number of amides is 2. The standard InChI is InChI=1S/C17H22ClF3N4O3/c1-2-28-16(27)24-9-7-23(8-10-24)12(26)5-6-25-14(11-3-4-11)13(18)15(22-25)17(19,20)21/h11H,2-10H2,1H3. The number of hydrogen-bond acceptors (Lipinski definition) is 4. The van der Waals surface area contributed by atoms with Crippen molar-refractivity contribution in [1.82, 2.24) is 19.6 Å². The van der Waals surface area contributed by atoms with Crippen LogP contribution in [0.4, 0.5) is 18.0 Å². The van der Waals surface area contributed by atoms with Gasteiger partial charge in [-0.15, -0.1) is 0 Å². The molecule has 0 N–H and O–H groups in total. The topological polar surface area (TPSA) is 67.7 Å². The normalized spacial score (nSPS) is 17.8. The molecule has 3 rings (SSSR count). The second-order valence-corrected chi connectivity index (χ2v) is 7.24. The van der Waals surface area contributed by atoms with E-state index in [4.69, 9.17) is 16.3 Å². The average molecular weight is 423 g/mol. The fourth-order valence-electron chi connectivity index (χ4n) is 3.26. The zero-order valence-corrected chi connectivity index (χ0v) is 16.2. The fourth-order valence-corrected chi connectivity index (χ4v) is 3.66. The van der Waals surface area contributed by atoms with Crippen LogP contribution in [0.5, 0.6) is 0 Å². The van der Waals surface area contributed by atoms with Gasteiger partial charge in [-0.25, -0.2) is 4.79 Å². The second-order valence-electron chi connectivity index (χ2n) is 6.86. The maximum absolute atomic E-state index is 13.1. The predicted octanol–water partition coefficient (Wildman–Crippen LogP) is 3.12. The molecule has 0 unspecified atom stereocenters. The highest BCUT2D eigenvalue weighted by Crippen LogP contribution is 2.46. The zero-order valence-electron chi connectivity index (χ0n) is 15.5. The molecule has 0 radical (unpaired) electrons. The minimum atomic E-state index is -4.63. The molecule has 1 aliphatic heterocycles. The number of piperazine rings is 1. The van der Waals surface area contributed by atoms with Crippen LogP contribution in [0, 0.1) is 0 Å². The van der Waals surface area contributed by atoms with Gasteiger partial charge in [-0.3, -0.25) is 9.48 Å². The van der Waals surface area contributed by atoms with Crippen molar-refractivity contribution >= 4 is 23.6 Å². The number of alkyl halides is 3. The molecule has 0 aromatic carbocycles. The van der Waals surface area contributed by atoms with Crippen LogP contribution in [-0.2, 0) is 22.3 Å². The molecule has 1 saturated carbocycles. The summed E-state index contributed by atoms with van der Waals surface area (Å²) in [5.41, 5.74) is -0.722. The van der Waals surface area contributed by atoms with Crippen LogP contribution in [0.25, 0.3) is 0 Å². The SMILES string of the molecule is CCOC(=O)N1CCN(C(=O)CCn2nc(C(F)(F)F)c(Cl)c2C2CC2)CC1. The smallest absolute Gasteiger partial charge is 0.436 e. The predicted molar refractivity (Wildman–Crippen MR) is 94.0 cm³/mol. The molecule has 7 nitrogen and oxygen atoms in total. The van der Waals surface area contributed by atoms with Crippen LogP contribution >= 0.6 is 11.6 Å². The van der Waals surface area contributed by atoms with Gasteiger partial charge >= 0.3 is 12.3 Å². The summed E-state index contributed by atoms with van der Waals surface area (Å²) in [6.07, 6.45) is -3.47. The summed E-state index contributed by atoms with van der Waals surface area (Å²) in [6.45, 7) is 3.50. The van der Waals surface area contributed by atoms with Gasteiger partial charge in [0.2, 0.25) is 5.91 Å². The van der Waals surface area contributed by atoms with Crippen molar-refractivity contribution in [2.45, 2.75) is 44.8 Å². The molecular weight excluding hydrogens is 401 g/mol. The highest BCUT2D eigenvalue weighted by Gasteiger charge is 2.42. The molecule has 2 heterocycles. The third-order valence-corrected chi connectivity index (χ3v) is 5.23. The molecule has 156 valence electrons. The number of halogens is 4. The van der Waals surface area contributed by atoms with E-state index in [2.05, 4.69) is 5.10 Å². The molecule has 2 amide bonds. The molecule has 0 bridgehead atoms. The summed E-state index contributed by atoms with van der Waals surface area (Å²) in [7, 11) is 0. The van der Waals surface area contributed by atoms with E-state index < -0.39 is 18.0 Å². The maximum atomic E-state index is 13.1. The van der Waals surface area contributed by atoms with Gasteiger partial charge in [0.05, 0.1) is 23.9 Å². The lowest BCUT2D eigenvalue weighted by Gasteiger charge is -2.34. The number of nitrogens with zero attached hydrogens (tertiary/aromatic N) is 4. The minimum Gasteiger partial charge on any atom is -0.450 e. The molecule has 1 saturated heterocycles. The second kappa shape index (κ2) is 8.18. The molecule has 0 atom stereocenters. The van der Waals surface area contributed by atoms with Gasteiger partial charge in [-0.05, 0) is 19.8 Å². The fraction of sp³-hybridized carbons (Fsp3) is 0.706. The van der Waals surface area contributed by atoms with Crippen molar-refractivity contribution in [3.05, 3.63) is 16.4 Å². The molecule has 2 fully saturated rings. The van der Waals surface area contributed by atoms with Crippen molar-refractivity contribution in [2.24, 2.45) is 0 Å². The molecular formula is C17H22ClF3N4O3. The Morgan fingerprint density at radius 1 is 1.18 bits per heavy atom. The summed E-state index contributed by atoms with van der Waals surface area (Å²) in [4.78, 5) is 27.3. The van der Waals surface area contributed by atoms with E-state index >= 15 is 0 Å². The van der Waals surface area contributed by atoms with Crippen molar-refractivity contribution in [3.8, 4) is 0 Å². The molecule has 1 aliphatic carbocycles. The van der Waals surface area contributed by atoms with E-state index in [1.807, 2.05) is 0 Å². The highest BCUT2D eigenvalue weighted by atomic mass is 35.5. The van der Waals surface area contributed by atoms with Crippen molar-refractivity contribution < 1.29 is 27.5 Å². The van der Waals surface area contributed by atoms with E-state index in [0.29, 0.717) is 31.9 Å². The third kappa shape index (κ3) is 4.53. The van der Waals surface area contributed by atoms with E-state index in [1.54, 1.807) is 11.8 Å². The molecule has 28 heavy (non-hydrogen) atoms. The molecule has 2 aliphatic rings. The van der Waals surface area contributed by atoms with Crippen LogP contribution in [-0.4, -0.2) is 64.4 Å². The Morgan fingerprint density at radius 3 is 2.32 bits per heavy atom. The summed E-state index contributed by atoms with van der Waals surface area (Å²) in [5.74, 6) is -0.218. The van der Waals surface area contributed by atoms with Gasteiger partial charge in [0, 0.05) is 38.5 Å². The highest BCUT2D eigenvalue weighted by molar-refractivity contribution is 6.32. The number of carbonyl (C=O) groups is 2. The molecule has 1 aromatic heterocycles. The first-order chi connectivity index (χ1) is 13.2. The number of hydrogen-bond donors (Lipinski definition) is 0. The van der Waals surface area contributed by atoms with E-state index in [1.165, 1.54) is 9.58 Å². The Kier molecular flexibility index (Phi) is 6.07. The lowest BCUT2D eigenvalue weighted by atomic mass is 10.2. The number of aromatic nitrogens is 2. The maximum Gasteiger partial charge on any atom is 0.436 e. The third-order valence-electron chi connectivity index (χ3n) is 4.86. The Morgan fingerprint density at radius 2 is 1.79 bits per heavy atom. The molecule has 11 heteroatoms. The van der Waals surface area contributed by atoms with E-state index in [0.717, 1.165) is 12.8 Å². The summed E-state index contributed by atoms with van der Waals surface area (Å²) >= 11 is 5.94. The van der Waals surface area contributed by atoms with Crippen LogP contribution in [0.3, 0.4) is 0 Å². The summed E-state index contributed by atoms with van der Waals surface area (Å²) in [6, 6.07) is 0. The Labute approximate surface area is 165 Å². The van der Waals surface area contributed by atoms with Gasteiger partial charge in [0.15, 0.2) is 5.69 Å². The minimum absolute atomic E-state index is 0.0223. The Hall–Kier alpha value is -1.97. The summed E-state index contributed by atoms with van der Waals surface area (Å²) < 4.78 is 45.4. The number of ether oxygens (including phenoxy) is 1. The van der Waals surface area contributed by atoms with Crippen LogP contribution in [0.1, 0.15) is 43.5 Å². The lowest BCUT2D eigenvalue weighted by Crippen LogP contribution is -2.50. The largest absolute Gasteiger partial charge is 0.450 e. The number of aryl methyl sites for hydroxylation is 1. The van der Waals surface area contributed by atoms with Crippen molar-refractivity contribution in [1.29, 1.82) is 0 Å². The van der Waals surface area contributed by atoms with Crippen LogP contribution in [0.2, 0.25) is 5.02 Å². The number of rotatable bonds is 5. The van der Waals surface area contributed by atoms with Crippen molar-refractivity contribution in [2.75, 3.05) is 32.8 Å². The van der Waals surface area contributed by atoms with Gasteiger partial charge in [-0.1, -0.05) is 11.6 Å². The first kappa shape index (κ1) is 20.8. The monoisotopic (exact) mass is 422 g/mol. The van der Waals surface area contributed by atoms with Gasteiger partial charge < -0.3 is 14.5 Å². The summed E-state index contributed by atoms with van der Waals surface area (Å²) in [5, 5.41) is 3.28. The number of carbonyl (C=O) groups excluding carboxylic acids is 2. The molecule has 0 spiro atoms. The quantitative estimate of drug-likeness (QED) is 0.731. The van der Waals surface area contributed by atoms with E-state index in [9.17, 15) is 22.8 Å². The van der Waals surface area contributed by atoms with Crippen LogP contribution in [0.15, 0.2) is 0 Å². The lowest BCUT2D eigenvalue weighted by molar-refractivity contribution is -0.141. The molecule has 1 aromatic rings. The zero-order chi connectivity index (χ0) is 20.5. The van der Waals surface area contributed by atoms with Crippen molar-refractivity contribution in [3.63, 3.8) is 0 Å². The van der Waals surface area contributed by atoms with Crippen LogP contribution < -0.4 is 0 Å². The van der Waals surface area contributed by atoms with Gasteiger partial charge in [-0.2, -0.15) is 18.3 Å². The van der Waals surface area contributed by atoms with E-state index in [-0.39, 0.29) is 36.4 Å².